The first-order valence-corrected chi connectivity index (χ1v) is 4.39. The van der Waals surface area contributed by atoms with Crippen LogP contribution in [0.15, 0.2) is 0 Å². The molecule has 0 unspecified atom stereocenters. The molecule has 0 aromatic heterocycles. The van der Waals surface area contributed by atoms with Crippen LogP contribution >= 0.6 is 24.8 Å². The van der Waals surface area contributed by atoms with Crippen LogP contribution in [0.5, 0.6) is 0 Å². The zero-order chi connectivity index (χ0) is 7.40. The highest BCUT2D eigenvalue weighted by atomic mass is 32.1. The van der Waals surface area contributed by atoms with Crippen molar-refractivity contribution in [2.75, 3.05) is 13.1 Å². The predicted molar refractivity (Wildman–Crippen MR) is 50.1 cm³/mol. The third-order valence-electron chi connectivity index (χ3n) is 1.61. The molecule has 0 spiro atoms. The highest BCUT2D eigenvalue weighted by Gasteiger charge is 2.08. The van der Waals surface area contributed by atoms with Crippen LogP contribution in [-0.4, -0.2) is 22.4 Å². The summed E-state index contributed by atoms with van der Waals surface area (Å²) in [7, 11) is 0. The summed E-state index contributed by atoms with van der Waals surface area (Å²) in [6.07, 6.45) is 3.88. The maximum atomic E-state index is 4.79. The molecule has 1 saturated heterocycles. The van der Waals surface area contributed by atoms with Gasteiger partial charge in [0, 0.05) is 13.1 Å². The zero-order valence-corrected chi connectivity index (χ0v) is 7.55. The smallest absolute Gasteiger partial charge is 0.145 e. The molecular weight excluding hydrogens is 164 g/mol. The lowest BCUT2D eigenvalue weighted by atomic mass is 10.2. The average molecular weight is 176 g/mol. The van der Waals surface area contributed by atoms with Gasteiger partial charge in [-0.05, 0) is 12.8 Å². The fourth-order valence-corrected chi connectivity index (χ4v) is 1.41. The van der Waals surface area contributed by atoms with E-state index in [-0.39, 0.29) is 0 Å². The minimum Gasteiger partial charge on any atom is -0.304 e. The van der Waals surface area contributed by atoms with E-state index in [0.29, 0.717) is 4.32 Å². The lowest BCUT2D eigenvalue weighted by Crippen LogP contribution is -2.42. The van der Waals surface area contributed by atoms with Gasteiger partial charge in [0.2, 0.25) is 0 Å². The Morgan fingerprint density at radius 2 is 1.90 bits per heavy atom. The normalized spacial score (nSPS) is 20.5. The molecule has 4 heteroatoms. The summed E-state index contributed by atoms with van der Waals surface area (Å²) in [5, 5.41) is 2.12. The summed E-state index contributed by atoms with van der Waals surface area (Å²) in [5.41, 5.74) is 3.01. The highest BCUT2D eigenvalue weighted by molar-refractivity contribution is 8.11. The van der Waals surface area contributed by atoms with Gasteiger partial charge in [-0.2, -0.15) is 0 Å². The van der Waals surface area contributed by atoms with Crippen LogP contribution in [0, 0.1) is 0 Å². The third-order valence-corrected chi connectivity index (χ3v) is 1.80. The van der Waals surface area contributed by atoms with Gasteiger partial charge in [0.1, 0.15) is 4.32 Å². The van der Waals surface area contributed by atoms with Gasteiger partial charge in [0.25, 0.3) is 0 Å². The molecule has 0 amide bonds. The Kier molecular flexibility index (Phi) is 3.45. The first kappa shape index (κ1) is 8.30. The van der Waals surface area contributed by atoms with E-state index in [2.05, 4.69) is 23.1 Å². The first-order chi connectivity index (χ1) is 4.79. The highest BCUT2D eigenvalue weighted by Crippen LogP contribution is 2.05. The second-order valence-corrected chi connectivity index (χ2v) is 3.62. The van der Waals surface area contributed by atoms with Crippen LogP contribution in [0.1, 0.15) is 19.3 Å². The summed E-state index contributed by atoms with van der Waals surface area (Å²) < 4.78 is 0.571. The largest absolute Gasteiger partial charge is 0.304 e. The Balaban J connectivity index is 2.19. The summed E-state index contributed by atoms with van der Waals surface area (Å²) >= 11 is 8.77. The van der Waals surface area contributed by atoms with Gasteiger partial charge >= 0.3 is 0 Å². The monoisotopic (exact) mass is 176 g/mol. The van der Waals surface area contributed by atoms with Crippen molar-refractivity contribution >= 4 is 29.2 Å². The minimum absolute atomic E-state index is 0.571. The van der Waals surface area contributed by atoms with Gasteiger partial charge < -0.3 is 5.43 Å². The third kappa shape index (κ3) is 2.86. The molecular formula is C6H12N2S2. The molecule has 0 aliphatic carbocycles. The fourth-order valence-electron chi connectivity index (χ4n) is 1.14. The number of rotatable bonds is 1. The molecule has 0 aromatic carbocycles. The fraction of sp³-hybridized carbons (Fsp3) is 0.833. The van der Waals surface area contributed by atoms with Crippen molar-refractivity contribution in [3.05, 3.63) is 0 Å². The summed E-state index contributed by atoms with van der Waals surface area (Å²) in [6, 6.07) is 0. The van der Waals surface area contributed by atoms with Crippen molar-refractivity contribution in [2.24, 2.45) is 0 Å². The first-order valence-electron chi connectivity index (χ1n) is 3.53. The molecule has 0 aromatic rings. The van der Waals surface area contributed by atoms with Gasteiger partial charge in [0.15, 0.2) is 0 Å². The van der Waals surface area contributed by atoms with Gasteiger partial charge in [-0.3, -0.25) is 0 Å². The van der Waals surface area contributed by atoms with Crippen LogP contribution in [0.2, 0.25) is 0 Å². The van der Waals surface area contributed by atoms with Crippen LogP contribution in [-0.2, 0) is 0 Å². The number of hydrazine groups is 1. The van der Waals surface area contributed by atoms with Gasteiger partial charge in [-0.15, -0.1) is 12.6 Å². The maximum Gasteiger partial charge on any atom is 0.145 e. The maximum absolute atomic E-state index is 4.79. The Labute approximate surface area is 72.4 Å². The molecule has 10 heavy (non-hydrogen) atoms. The number of hydrogen-bond donors (Lipinski definition) is 2. The Morgan fingerprint density at radius 1 is 1.30 bits per heavy atom. The Morgan fingerprint density at radius 3 is 2.40 bits per heavy atom. The van der Waals surface area contributed by atoms with Crippen LogP contribution in [0.4, 0.5) is 0 Å². The van der Waals surface area contributed by atoms with E-state index in [0.717, 1.165) is 13.1 Å². The molecule has 0 saturated carbocycles. The van der Waals surface area contributed by atoms with E-state index in [4.69, 9.17) is 12.2 Å². The van der Waals surface area contributed by atoms with E-state index < -0.39 is 0 Å². The SMILES string of the molecule is S=C(S)NN1CCCCC1. The molecule has 0 bridgehead atoms. The molecule has 1 heterocycles. The summed E-state index contributed by atoms with van der Waals surface area (Å²) in [4.78, 5) is 0. The second kappa shape index (κ2) is 4.16. The van der Waals surface area contributed by atoms with E-state index in [1.807, 2.05) is 0 Å². The van der Waals surface area contributed by atoms with E-state index >= 15 is 0 Å². The summed E-state index contributed by atoms with van der Waals surface area (Å²) in [6.45, 7) is 2.20. The van der Waals surface area contributed by atoms with Crippen molar-refractivity contribution in [3.63, 3.8) is 0 Å². The molecule has 58 valence electrons. The van der Waals surface area contributed by atoms with Crippen LogP contribution in [0.25, 0.3) is 0 Å². The lowest BCUT2D eigenvalue weighted by molar-refractivity contribution is 0.198. The number of hydrogen-bond acceptors (Lipinski definition) is 2. The minimum atomic E-state index is 0.571. The number of thiol groups is 1. The number of nitrogens with one attached hydrogen (secondary N) is 1. The van der Waals surface area contributed by atoms with Crippen LogP contribution < -0.4 is 5.43 Å². The molecule has 2 nitrogen and oxygen atoms in total. The standard InChI is InChI=1S/C6H12N2S2/c9-6(10)7-8-4-2-1-3-5-8/h1-5H2,(H2,7,9,10). The molecule has 1 N–H and O–H groups in total. The van der Waals surface area contributed by atoms with Crippen molar-refractivity contribution in [2.45, 2.75) is 19.3 Å². The second-order valence-electron chi connectivity index (χ2n) is 2.46. The predicted octanol–water partition coefficient (Wildman–Crippen LogP) is 1.19. The van der Waals surface area contributed by atoms with E-state index in [1.54, 1.807) is 0 Å². The Hall–Kier alpha value is 0.200. The molecule has 0 atom stereocenters. The van der Waals surface area contributed by atoms with Gasteiger partial charge in [-0.25, -0.2) is 5.01 Å². The Bertz CT molecular complexity index is 121. The van der Waals surface area contributed by atoms with Gasteiger partial charge in [0.05, 0.1) is 0 Å². The topological polar surface area (TPSA) is 15.3 Å². The van der Waals surface area contributed by atoms with E-state index in [1.165, 1.54) is 19.3 Å². The molecule has 1 fully saturated rings. The molecule has 0 radical (unpaired) electrons. The van der Waals surface area contributed by atoms with Crippen LogP contribution in [0.3, 0.4) is 0 Å². The quantitative estimate of drug-likeness (QED) is 0.461. The number of piperidine rings is 1. The zero-order valence-electron chi connectivity index (χ0n) is 5.84. The number of nitrogens with zero attached hydrogens (tertiary/aromatic N) is 1. The van der Waals surface area contributed by atoms with Crippen molar-refractivity contribution < 1.29 is 0 Å². The molecule has 1 aliphatic rings. The summed E-state index contributed by atoms with van der Waals surface area (Å²) in [5.74, 6) is 0. The number of thiocarbonyl (C=S) groups is 1. The van der Waals surface area contributed by atoms with E-state index in [9.17, 15) is 0 Å². The lowest BCUT2D eigenvalue weighted by Gasteiger charge is -2.26. The molecule has 1 rings (SSSR count). The van der Waals surface area contributed by atoms with Crippen molar-refractivity contribution in [1.29, 1.82) is 0 Å². The van der Waals surface area contributed by atoms with Gasteiger partial charge in [-0.1, -0.05) is 18.6 Å². The molecule has 1 aliphatic heterocycles. The average Bonchev–Trinajstić information content (AvgIpc) is 1.88. The van der Waals surface area contributed by atoms with Crippen molar-refractivity contribution in [3.8, 4) is 0 Å². The van der Waals surface area contributed by atoms with Crippen molar-refractivity contribution in [1.82, 2.24) is 10.4 Å².